The van der Waals surface area contributed by atoms with Crippen LogP contribution in [0.25, 0.3) is 10.8 Å². The van der Waals surface area contributed by atoms with Crippen LogP contribution in [0.2, 0.25) is 0 Å². The van der Waals surface area contributed by atoms with Crippen LogP contribution in [0, 0.1) is 6.92 Å². The standard InChI is InChI=1S/C24H29N5O3/c1-17-8-9-21(32-3)18(14-17)15-27-10-12-28(13-11-27)16-29-24(31)20-7-5-4-6-19(20)22(26-29)23(30)25-2/h4-9,14H,10-13,15-16H2,1-3H3,(H,25,30). The molecule has 0 bridgehead atoms. The molecule has 2 aromatic carbocycles. The lowest BCUT2D eigenvalue weighted by Crippen LogP contribution is -2.47. The number of aromatic nitrogens is 2. The van der Waals surface area contributed by atoms with Gasteiger partial charge in [0.25, 0.3) is 11.5 Å². The summed E-state index contributed by atoms with van der Waals surface area (Å²) in [5.41, 5.74) is 2.49. The zero-order chi connectivity index (χ0) is 22.7. The average molecular weight is 436 g/mol. The van der Waals surface area contributed by atoms with Crippen LogP contribution in [-0.2, 0) is 13.2 Å². The van der Waals surface area contributed by atoms with Crippen molar-refractivity contribution < 1.29 is 9.53 Å². The second-order valence-electron chi connectivity index (χ2n) is 8.13. The minimum Gasteiger partial charge on any atom is -0.496 e. The number of fused-ring (bicyclic) bond motifs is 1. The Bertz CT molecular complexity index is 1180. The molecule has 1 saturated heterocycles. The third-order valence-corrected chi connectivity index (χ3v) is 5.94. The van der Waals surface area contributed by atoms with Crippen LogP contribution >= 0.6 is 0 Å². The Hall–Kier alpha value is -3.23. The molecule has 168 valence electrons. The van der Waals surface area contributed by atoms with Gasteiger partial charge in [0.2, 0.25) is 0 Å². The van der Waals surface area contributed by atoms with Gasteiger partial charge in [-0.3, -0.25) is 19.4 Å². The summed E-state index contributed by atoms with van der Waals surface area (Å²) in [6, 6.07) is 13.4. The average Bonchev–Trinajstić information content (AvgIpc) is 2.82. The quantitative estimate of drug-likeness (QED) is 0.637. The first-order valence-electron chi connectivity index (χ1n) is 10.8. The number of nitrogens with one attached hydrogen (secondary N) is 1. The smallest absolute Gasteiger partial charge is 0.275 e. The molecule has 1 N–H and O–H groups in total. The molecule has 0 aliphatic carbocycles. The molecule has 0 atom stereocenters. The second-order valence-corrected chi connectivity index (χ2v) is 8.13. The van der Waals surface area contributed by atoms with E-state index in [-0.39, 0.29) is 17.2 Å². The van der Waals surface area contributed by atoms with E-state index in [1.807, 2.05) is 12.1 Å². The molecular formula is C24H29N5O3. The molecule has 8 nitrogen and oxygen atoms in total. The Balaban J connectivity index is 1.48. The Labute approximate surface area is 187 Å². The van der Waals surface area contributed by atoms with Crippen molar-refractivity contribution in [3.8, 4) is 5.75 Å². The predicted octanol–water partition coefficient (Wildman–Crippen LogP) is 1.85. The Morgan fingerprint density at radius 2 is 1.75 bits per heavy atom. The molecule has 1 aliphatic heterocycles. The SMILES string of the molecule is CNC(=O)c1nn(CN2CCN(Cc3cc(C)ccc3OC)CC2)c(=O)c2ccccc12. The highest BCUT2D eigenvalue weighted by atomic mass is 16.5. The molecule has 0 spiro atoms. The molecule has 0 unspecified atom stereocenters. The van der Waals surface area contributed by atoms with Crippen molar-refractivity contribution in [3.63, 3.8) is 0 Å². The number of piperazine rings is 1. The number of carbonyl (C=O) groups is 1. The molecule has 8 heteroatoms. The van der Waals surface area contributed by atoms with Gasteiger partial charge in [0.15, 0.2) is 5.69 Å². The summed E-state index contributed by atoms with van der Waals surface area (Å²) >= 11 is 0. The lowest BCUT2D eigenvalue weighted by molar-refractivity contribution is 0.0924. The fourth-order valence-electron chi connectivity index (χ4n) is 4.17. The summed E-state index contributed by atoms with van der Waals surface area (Å²) in [7, 11) is 3.27. The van der Waals surface area contributed by atoms with Crippen molar-refractivity contribution in [1.29, 1.82) is 0 Å². The maximum atomic E-state index is 13.0. The number of carbonyl (C=O) groups excluding carboxylic acids is 1. The van der Waals surface area contributed by atoms with E-state index >= 15 is 0 Å². The third kappa shape index (κ3) is 4.51. The van der Waals surface area contributed by atoms with Crippen molar-refractivity contribution in [2.45, 2.75) is 20.1 Å². The predicted molar refractivity (Wildman–Crippen MR) is 124 cm³/mol. The van der Waals surface area contributed by atoms with E-state index in [2.05, 4.69) is 39.3 Å². The molecule has 1 aromatic heterocycles. The van der Waals surface area contributed by atoms with Gasteiger partial charge < -0.3 is 10.1 Å². The largest absolute Gasteiger partial charge is 0.496 e. The van der Waals surface area contributed by atoms with Gasteiger partial charge in [-0.2, -0.15) is 5.10 Å². The minimum absolute atomic E-state index is 0.180. The molecule has 2 heterocycles. The summed E-state index contributed by atoms with van der Waals surface area (Å²) in [6.45, 7) is 6.64. The van der Waals surface area contributed by atoms with Gasteiger partial charge in [0.1, 0.15) is 5.75 Å². The summed E-state index contributed by atoms with van der Waals surface area (Å²) in [5, 5.41) is 8.10. The van der Waals surface area contributed by atoms with Crippen LogP contribution in [0.5, 0.6) is 5.75 Å². The van der Waals surface area contributed by atoms with Crippen molar-refractivity contribution in [3.05, 3.63) is 69.6 Å². The highest BCUT2D eigenvalue weighted by Crippen LogP contribution is 2.22. The lowest BCUT2D eigenvalue weighted by atomic mass is 10.1. The van der Waals surface area contributed by atoms with E-state index < -0.39 is 0 Å². The first-order chi connectivity index (χ1) is 15.5. The summed E-state index contributed by atoms with van der Waals surface area (Å²) in [5.74, 6) is 0.610. The molecular weight excluding hydrogens is 406 g/mol. The van der Waals surface area contributed by atoms with Gasteiger partial charge >= 0.3 is 0 Å². The number of hydrogen-bond donors (Lipinski definition) is 1. The normalized spacial score (nSPS) is 15.1. The molecule has 1 fully saturated rings. The molecule has 0 saturated carbocycles. The molecule has 32 heavy (non-hydrogen) atoms. The van der Waals surface area contributed by atoms with Crippen LogP contribution < -0.4 is 15.6 Å². The third-order valence-electron chi connectivity index (χ3n) is 5.94. The Morgan fingerprint density at radius 3 is 2.44 bits per heavy atom. The number of hydrogen-bond acceptors (Lipinski definition) is 6. The minimum atomic E-state index is -0.299. The summed E-state index contributed by atoms with van der Waals surface area (Å²) in [6.07, 6.45) is 0. The van der Waals surface area contributed by atoms with Crippen molar-refractivity contribution in [2.75, 3.05) is 40.3 Å². The van der Waals surface area contributed by atoms with Crippen LogP contribution in [0.4, 0.5) is 0 Å². The maximum Gasteiger partial charge on any atom is 0.275 e. The molecule has 4 rings (SSSR count). The number of amides is 1. The van der Waals surface area contributed by atoms with Gasteiger partial charge in [-0.05, 0) is 19.1 Å². The van der Waals surface area contributed by atoms with Gasteiger partial charge in [0.05, 0.1) is 19.2 Å². The topological polar surface area (TPSA) is 79.7 Å². The maximum absolute atomic E-state index is 13.0. The van der Waals surface area contributed by atoms with E-state index in [4.69, 9.17) is 4.74 Å². The number of rotatable bonds is 6. The Morgan fingerprint density at radius 1 is 1.06 bits per heavy atom. The second kappa shape index (κ2) is 9.50. The van der Waals surface area contributed by atoms with Crippen molar-refractivity contribution in [1.82, 2.24) is 24.9 Å². The molecule has 1 amide bonds. The first-order valence-corrected chi connectivity index (χ1v) is 10.8. The van der Waals surface area contributed by atoms with E-state index in [0.29, 0.717) is 17.4 Å². The van der Waals surface area contributed by atoms with Crippen LogP contribution in [0.15, 0.2) is 47.3 Å². The molecule has 1 aliphatic rings. The Kier molecular flexibility index (Phi) is 6.53. The van der Waals surface area contributed by atoms with Gasteiger partial charge in [0, 0.05) is 50.7 Å². The number of benzene rings is 2. The van der Waals surface area contributed by atoms with Crippen molar-refractivity contribution >= 4 is 16.7 Å². The summed E-state index contributed by atoms with van der Waals surface area (Å²) in [4.78, 5) is 29.9. The fourth-order valence-corrected chi connectivity index (χ4v) is 4.17. The van der Waals surface area contributed by atoms with Gasteiger partial charge in [-0.25, -0.2) is 4.68 Å². The number of ether oxygens (including phenoxy) is 1. The monoisotopic (exact) mass is 435 g/mol. The number of nitrogens with zero attached hydrogens (tertiary/aromatic N) is 4. The lowest BCUT2D eigenvalue weighted by Gasteiger charge is -2.34. The van der Waals surface area contributed by atoms with Crippen LogP contribution in [0.3, 0.4) is 0 Å². The fraction of sp³-hybridized carbons (Fsp3) is 0.375. The zero-order valence-corrected chi connectivity index (χ0v) is 18.8. The van der Waals surface area contributed by atoms with Gasteiger partial charge in [-0.1, -0.05) is 35.9 Å². The van der Waals surface area contributed by atoms with E-state index in [0.717, 1.165) is 38.5 Å². The van der Waals surface area contributed by atoms with E-state index in [9.17, 15) is 9.59 Å². The van der Waals surface area contributed by atoms with Crippen LogP contribution in [0.1, 0.15) is 21.6 Å². The first kappa shape index (κ1) is 22.0. The molecule has 3 aromatic rings. The molecule has 0 radical (unpaired) electrons. The highest BCUT2D eigenvalue weighted by molar-refractivity contribution is 6.04. The highest BCUT2D eigenvalue weighted by Gasteiger charge is 2.21. The number of aryl methyl sites for hydroxylation is 1. The van der Waals surface area contributed by atoms with Crippen molar-refractivity contribution in [2.24, 2.45) is 0 Å². The van der Waals surface area contributed by atoms with E-state index in [1.165, 1.54) is 15.8 Å². The van der Waals surface area contributed by atoms with Gasteiger partial charge in [-0.15, -0.1) is 0 Å². The summed E-state index contributed by atoms with van der Waals surface area (Å²) < 4.78 is 6.92. The number of methoxy groups -OCH3 is 1. The zero-order valence-electron chi connectivity index (χ0n) is 18.8. The van der Waals surface area contributed by atoms with E-state index in [1.54, 1.807) is 32.4 Å². The van der Waals surface area contributed by atoms with Crippen LogP contribution in [-0.4, -0.2) is 65.8 Å².